The molecule has 45 heavy (non-hydrogen) atoms. The predicted molar refractivity (Wildman–Crippen MR) is 168 cm³/mol. The monoisotopic (exact) mass is 629 g/mol. The number of nitrogens with zero attached hydrogens (tertiary/aromatic N) is 1. The third kappa shape index (κ3) is 7.42. The van der Waals surface area contributed by atoms with Gasteiger partial charge in [-0.15, -0.1) is 0 Å². The van der Waals surface area contributed by atoms with E-state index in [1.807, 2.05) is 76.2 Å². The van der Waals surface area contributed by atoms with Gasteiger partial charge in [0.15, 0.2) is 5.60 Å². The first kappa shape index (κ1) is 33.1. The van der Waals surface area contributed by atoms with E-state index >= 15 is 0 Å². The molecule has 4 aliphatic rings. The Bertz CT molecular complexity index is 1340. The molecule has 246 valence electrons. The lowest BCUT2D eigenvalue weighted by Crippen LogP contribution is -2.61. The fourth-order valence-corrected chi connectivity index (χ4v) is 7.37. The summed E-state index contributed by atoms with van der Waals surface area (Å²) >= 11 is 0. The van der Waals surface area contributed by atoms with Gasteiger partial charge in [-0.3, -0.25) is 4.79 Å². The molecule has 4 aliphatic carbocycles. The van der Waals surface area contributed by atoms with Crippen molar-refractivity contribution in [1.29, 1.82) is 0 Å². The molecule has 0 atom stereocenters. The van der Waals surface area contributed by atoms with E-state index in [2.05, 4.69) is 10.6 Å². The molecule has 0 saturated heterocycles. The van der Waals surface area contributed by atoms with E-state index < -0.39 is 30.5 Å². The maximum Gasteiger partial charge on any atom is 0.417 e. The van der Waals surface area contributed by atoms with Crippen molar-refractivity contribution < 1.29 is 32.6 Å². The molecular formula is C35H46F3N3O4. The fraction of sp³-hybridized carbons (Fsp3) is 0.600. The van der Waals surface area contributed by atoms with Gasteiger partial charge in [0.1, 0.15) is 5.75 Å². The van der Waals surface area contributed by atoms with Crippen molar-refractivity contribution in [3.05, 3.63) is 48.5 Å². The molecule has 0 radical (unpaired) electrons. The van der Waals surface area contributed by atoms with E-state index in [-0.39, 0.29) is 41.5 Å². The largest absolute Gasteiger partial charge is 0.491 e. The number of hydrogen-bond donors (Lipinski definition) is 3. The van der Waals surface area contributed by atoms with Gasteiger partial charge < -0.3 is 25.4 Å². The Kier molecular flexibility index (Phi) is 9.19. The van der Waals surface area contributed by atoms with Gasteiger partial charge in [-0.2, -0.15) is 13.2 Å². The van der Waals surface area contributed by atoms with Crippen LogP contribution in [0.3, 0.4) is 0 Å². The van der Waals surface area contributed by atoms with Crippen LogP contribution in [0.4, 0.5) is 23.7 Å². The molecule has 0 unspecified atom stereocenters. The van der Waals surface area contributed by atoms with Gasteiger partial charge in [0.25, 0.3) is 0 Å². The topological polar surface area (TPSA) is 90.9 Å². The van der Waals surface area contributed by atoms with Crippen molar-refractivity contribution >= 4 is 17.6 Å². The molecule has 2 aromatic rings. The van der Waals surface area contributed by atoms with E-state index in [0.29, 0.717) is 12.2 Å². The lowest BCUT2D eigenvalue weighted by Gasteiger charge is -2.55. The van der Waals surface area contributed by atoms with Gasteiger partial charge >= 0.3 is 12.2 Å². The van der Waals surface area contributed by atoms with Crippen LogP contribution in [0.2, 0.25) is 0 Å². The molecule has 10 heteroatoms. The van der Waals surface area contributed by atoms with Crippen molar-refractivity contribution in [2.45, 2.75) is 115 Å². The Morgan fingerprint density at radius 2 is 1.58 bits per heavy atom. The smallest absolute Gasteiger partial charge is 0.417 e. The maximum atomic E-state index is 13.9. The number of urea groups is 1. The summed E-state index contributed by atoms with van der Waals surface area (Å²) < 4.78 is 45.7. The van der Waals surface area contributed by atoms with Gasteiger partial charge in [0.2, 0.25) is 5.91 Å². The number of rotatable bonds is 10. The maximum absolute atomic E-state index is 13.9. The van der Waals surface area contributed by atoms with Crippen LogP contribution in [-0.2, 0) is 4.79 Å². The molecule has 6 rings (SSSR count). The summed E-state index contributed by atoms with van der Waals surface area (Å²) in [6.07, 6.45) is -0.665. The zero-order valence-electron chi connectivity index (χ0n) is 26.7. The number of alkyl halides is 3. The van der Waals surface area contributed by atoms with E-state index in [0.717, 1.165) is 55.4 Å². The molecule has 3 amide bonds. The highest BCUT2D eigenvalue weighted by Crippen LogP contribution is 2.54. The second kappa shape index (κ2) is 12.5. The first-order chi connectivity index (χ1) is 21.1. The normalized spacial score (nSPS) is 27.6. The van der Waals surface area contributed by atoms with Crippen molar-refractivity contribution in [2.75, 3.05) is 11.4 Å². The first-order valence-electron chi connectivity index (χ1n) is 16.2. The van der Waals surface area contributed by atoms with Gasteiger partial charge in [0, 0.05) is 30.2 Å². The van der Waals surface area contributed by atoms with Crippen LogP contribution < -0.4 is 20.3 Å². The summed E-state index contributed by atoms with van der Waals surface area (Å²) in [7, 11) is 0. The van der Waals surface area contributed by atoms with E-state index in [9.17, 15) is 27.9 Å². The molecule has 3 N–H and O–H groups in total. The van der Waals surface area contributed by atoms with Crippen LogP contribution in [-0.4, -0.2) is 53.1 Å². The number of aliphatic hydroxyl groups is 1. The number of anilines is 1. The zero-order valence-corrected chi connectivity index (χ0v) is 26.7. The Morgan fingerprint density at radius 1 is 0.956 bits per heavy atom. The van der Waals surface area contributed by atoms with Gasteiger partial charge in [-0.1, -0.05) is 24.3 Å². The molecule has 2 bridgehead atoms. The molecule has 0 aliphatic heterocycles. The van der Waals surface area contributed by atoms with Gasteiger partial charge in [0.05, 0.1) is 6.10 Å². The predicted octanol–water partition coefficient (Wildman–Crippen LogP) is 7.37. The van der Waals surface area contributed by atoms with Crippen LogP contribution in [0, 0.1) is 11.3 Å². The number of ether oxygens (including phenoxy) is 1. The molecule has 2 aromatic carbocycles. The van der Waals surface area contributed by atoms with Crippen LogP contribution in [0.15, 0.2) is 48.5 Å². The Labute approximate surface area is 263 Å². The van der Waals surface area contributed by atoms with Crippen molar-refractivity contribution in [1.82, 2.24) is 10.6 Å². The number of fused-ring (bicyclic) bond motifs is 3. The lowest BCUT2D eigenvalue weighted by molar-refractivity contribution is -0.298. The SMILES string of the molecule is CC(C)NC(=O)NC12CCC(CN(C(=O)CC3CC(O)(C(F)(F)F)C3)c3cccc(-c4ccc(OC(C)C)cc4)c3)(CC1)CC2. The molecule has 0 heterocycles. The number of carbonyl (C=O) groups excluding carboxylic acids is 2. The summed E-state index contributed by atoms with van der Waals surface area (Å²) in [6, 6.07) is 15.4. The van der Waals surface area contributed by atoms with Crippen LogP contribution in [0.25, 0.3) is 11.1 Å². The molecular weight excluding hydrogens is 583 g/mol. The fourth-order valence-electron chi connectivity index (χ4n) is 7.37. The number of nitrogens with one attached hydrogen (secondary N) is 2. The van der Waals surface area contributed by atoms with E-state index in [1.165, 1.54) is 0 Å². The van der Waals surface area contributed by atoms with E-state index in [1.54, 1.807) is 4.90 Å². The van der Waals surface area contributed by atoms with Crippen LogP contribution in [0.1, 0.15) is 85.5 Å². The highest BCUT2D eigenvalue weighted by Gasteiger charge is 2.61. The lowest BCUT2D eigenvalue weighted by atomic mass is 9.57. The molecule has 4 fully saturated rings. The third-order valence-corrected chi connectivity index (χ3v) is 9.96. The Hall–Kier alpha value is -3.27. The van der Waals surface area contributed by atoms with E-state index in [4.69, 9.17) is 4.74 Å². The second-order valence-corrected chi connectivity index (χ2v) is 14.3. The van der Waals surface area contributed by atoms with Crippen molar-refractivity contribution in [3.8, 4) is 16.9 Å². The average Bonchev–Trinajstić information content (AvgIpc) is 2.95. The quantitative estimate of drug-likeness (QED) is 0.256. The number of carbonyl (C=O) groups is 2. The molecule has 0 aromatic heterocycles. The van der Waals surface area contributed by atoms with Crippen molar-refractivity contribution in [2.24, 2.45) is 11.3 Å². The van der Waals surface area contributed by atoms with Gasteiger partial charge in [-0.05, 0) is 126 Å². The third-order valence-electron chi connectivity index (χ3n) is 9.96. The zero-order chi connectivity index (χ0) is 32.6. The number of halogens is 3. The van der Waals surface area contributed by atoms with Crippen molar-refractivity contribution in [3.63, 3.8) is 0 Å². The first-order valence-corrected chi connectivity index (χ1v) is 16.2. The summed E-state index contributed by atoms with van der Waals surface area (Å²) in [4.78, 5) is 28.2. The minimum atomic E-state index is -4.70. The van der Waals surface area contributed by atoms with Crippen LogP contribution in [0.5, 0.6) is 5.75 Å². The summed E-state index contributed by atoms with van der Waals surface area (Å²) in [5, 5.41) is 16.1. The second-order valence-electron chi connectivity index (χ2n) is 14.3. The summed E-state index contributed by atoms with van der Waals surface area (Å²) in [5.74, 6) is 0.00471. The number of hydrogen-bond acceptors (Lipinski definition) is 4. The minimum Gasteiger partial charge on any atom is -0.491 e. The highest BCUT2D eigenvalue weighted by atomic mass is 19.4. The minimum absolute atomic E-state index is 0.0390. The average molecular weight is 630 g/mol. The van der Waals surface area contributed by atoms with Crippen LogP contribution >= 0.6 is 0 Å². The summed E-state index contributed by atoms with van der Waals surface area (Å²) in [5.41, 5.74) is -0.533. The highest BCUT2D eigenvalue weighted by molar-refractivity contribution is 5.94. The van der Waals surface area contributed by atoms with Gasteiger partial charge in [-0.25, -0.2) is 4.79 Å². The Balaban J connectivity index is 1.35. The summed E-state index contributed by atoms with van der Waals surface area (Å²) in [6.45, 7) is 8.24. The number of amides is 3. The standard InChI is InChI=1S/C35H46F3N3O4/c1-23(2)39-31(43)40-33-15-12-32(13-16-33,14-17-33)22-41(30(42)18-25-20-34(44,21-25)35(36,37)38)28-7-5-6-27(19-28)26-8-10-29(11-9-26)45-24(3)4/h5-11,19,23-25,44H,12-18,20-22H2,1-4H3,(H2,39,40,43). The Morgan fingerprint density at radius 3 is 2.13 bits per heavy atom. The molecule has 7 nitrogen and oxygen atoms in total. The molecule has 4 saturated carbocycles. The molecule has 0 spiro atoms. The number of benzene rings is 2.